The topological polar surface area (TPSA) is 36.7 Å². The molecule has 1 N–H and O–H groups in total. The molecule has 1 heterocycles. The lowest BCUT2D eigenvalue weighted by atomic mass is 10.2. The number of carbonyl (C=O) groups excluding carboxylic acids is 1. The monoisotopic (exact) mass is 191 g/mol. The molecule has 1 aliphatic heterocycles. The second-order valence-electron chi connectivity index (χ2n) is 3.37. The van der Waals surface area contributed by atoms with E-state index in [0.717, 1.165) is 0 Å². The van der Waals surface area contributed by atoms with Crippen LogP contribution in [0.3, 0.4) is 0 Å². The molecule has 0 saturated heterocycles. The minimum Gasteiger partial charge on any atom is -0.332 e. The van der Waals surface area contributed by atoms with Crippen LogP contribution in [-0.2, 0) is 4.79 Å². The maximum atomic E-state index is 11.4. The summed E-state index contributed by atoms with van der Waals surface area (Å²) in [5.41, 5.74) is 0.487. The Kier molecular flexibility index (Phi) is 2.92. The highest BCUT2D eigenvalue weighted by Gasteiger charge is 2.23. The van der Waals surface area contributed by atoms with Gasteiger partial charge in [-0.05, 0) is 13.8 Å². The summed E-state index contributed by atoms with van der Waals surface area (Å²) in [5.74, 6) is 0.349. The number of hydrogen-bond acceptors (Lipinski definition) is 2. The molecule has 0 aromatic carbocycles. The number of nitrogens with one attached hydrogen (secondary N) is 1. The highest BCUT2D eigenvalue weighted by molar-refractivity contribution is 5.96. The molecule has 0 unspecified atom stereocenters. The third-order valence-corrected chi connectivity index (χ3v) is 1.96. The molecule has 4 nitrogen and oxygen atoms in total. The second-order valence-corrected chi connectivity index (χ2v) is 3.37. The normalized spacial score (nSPS) is 16.4. The van der Waals surface area contributed by atoms with Crippen LogP contribution in [0.5, 0.6) is 0 Å². The summed E-state index contributed by atoms with van der Waals surface area (Å²) >= 11 is 0. The third kappa shape index (κ3) is 1.94. The van der Waals surface area contributed by atoms with E-state index in [1.165, 1.54) is 0 Å². The summed E-state index contributed by atoms with van der Waals surface area (Å²) in [6.45, 7) is 14.6. The zero-order chi connectivity index (χ0) is 10.7. The molecule has 0 aromatic heterocycles. The SMILES string of the molecule is [C-]#[N+]CC1=CN(C(C)C)C(=C)NC1=O. The lowest BCUT2D eigenvalue weighted by Gasteiger charge is -2.30. The van der Waals surface area contributed by atoms with Crippen molar-refractivity contribution in [2.24, 2.45) is 0 Å². The molecule has 1 rings (SSSR count). The zero-order valence-corrected chi connectivity index (χ0v) is 8.37. The van der Waals surface area contributed by atoms with Crippen molar-refractivity contribution in [3.05, 3.63) is 35.6 Å². The molecule has 1 amide bonds. The summed E-state index contributed by atoms with van der Waals surface area (Å²) < 4.78 is 0. The van der Waals surface area contributed by atoms with Crippen molar-refractivity contribution in [1.82, 2.24) is 10.2 Å². The highest BCUT2D eigenvalue weighted by Crippen LogP contribution is 2.14. The fraction of sp³-hybridized carbons (Fsp3) is 0.400. The lowest BCUT2D eigenvalue weighted by Crippen LogP contribution is -2.41. The van der Waals surface area contributed by atoms with Gasteiger partial charge >= 0.3 is 0 Å². The van der Waals surface area contributed by atoms with Gasteiger partial charge in [0.25, 0.3) is 5.91 Å². The molecule has 0 bridgehead atoms. The van der Waals surface area contributed by atoms with Crippen molar-refractivity contribution in [1.29, 1.82) is 0 Å². The molecule has 0 atom stereocenters. The minimum absolute atomic E-state index is 0.113. The zero-order valence-electron chi connectivity index (χ0n) is 8.37. The molecule has 0 fully saturated rings. The first-order valence-electron chi connectivity index (χ1n) is 4.38. The number of carbonyl (C=O) groups is 1. The number of rotatable bonds is 2. The van der Waals surface area contributed by atoms with Crippen LogP contribution in [0, 0.1) is 6.57 Å². The smallest absolute Gasteiger partial charge is 0.261 e. The Morgan fingerprint density at radius 1 is 1.71 bits per heavy atom. The van der Waals surface area contributed by atoms with E-state index in [-0.39, 0.29) is 18.5 Å². The largest absolute Gasteiger partial charge is 0.332 e. The average Bonchev–Trinajstić information content (AvgIpc) is 2.09. The fourth-order valence-electron chi connectivity index (χ4n) is 1.24. The van der Waals surface area contributed by atoms with Gasteiger partial charge in [0.1, 0.15) is 11.4 Å². The molecule has 0 aliphatic carbocycles. The maximum Gasteiger partial charge on any atom is 0.261 e. The quantitative estimate of drug-likeness (QED) is 0.663. The van der Waals surface area contributed by atoms with Gasteiger partial charge in [-0.25, -0.2) is 6.57 Å². The summed E-state index contributed by atoms with van der Waals surface area (Å²) in [4.78, 5) is 16.4. The van der Waals surface area contributed by atoms with Gasteiger partial charge in [-0.15, -0.1) is 0 Å². The number of nitrogens with zero attached hydrogens (tertiary/aromatic N) is 2. The Morgan fingerprint density at radius 3 is 2.86 bits per heavy atom. The molecule has 0 saturated carbocycles. The van der Waals surface area contributed by atoms with Crippen LogP contribution in [0.15, 0.2) is 24.2 Å². The van der Waals surface area contributed by atoms with Crippen molar-refractivity contribution in [3.63, 3.8) is 0 Å². The van der Waals surface area contributed by atoms with Crippen LogP contribution in [0.2, 0.25) is 0 Å². The lowest BCUT2D eigenvalue weighted by molar-refractivity contribution is -0.117. The first kappa shape index (κ1) is 10.3. The van der Waals surface area contributed by atoms with Crippen molar-refractivity contribution in [2.45, 2.75) is 19.9 Å². The molecule has 0 aromatic rings. The number of hydrogen-bond donors (Lipinski definition) is 1. The second kappa shape index (κ2) is 3.97. The van der Waals surface area contributed by atoms with Gasteiger partial charge < -0.3 is 15.1 Å². The van der Waals surface area contributed by atoms with E-state index in [0.29, 0.717) is 11.4 Å². The van der Waals surface area contributed by atoms with Crippen molar-refractivity contribution >= 4 is 5.91 Å². The molecule has 1 aliphatic rings. The predicted octanol–water partition coefficient (Wildman–Crippen LogP) is 1.10. The van der Waals surface area contributed by atoms with Gasteiger partial charge in [0.05, 0.1) is 0 Å². The standard InChI is InChI=1S/C10H13N3O/c1-7(2)13-6-9(5-11-4)10(14)12-8(13)3/h6-7H,3,5H2,1-2H3,(H,12,14). The first-order valence-corrected chi connectivity index (χ1v) is 4.38. The molecule has 0 radical (unpaired) electrons. The average molecular weight is 191 g/mol. The minimum atomic E-state index is -0.220. The van der Waals surface area contributed by atoms with E-state index in [9.17, 15) is 4.79 Å². The van der Waals surface area contributed by atoms with E-state index in [2.05, 4.69) is 16.7 Å². The Balaban J connectivity index is 2.94. The Morgan fingerprint density at radius 2 is 2.36 bits per heavy atom. The van der Waals surface area contributed by atoms with Crippen molar-refractivity contribution < 1.29 is 4.79 Å². The van der Waals surface area contributed by atoms with Gasteiger partial charge in [0, 0.05) is 12.2 Å². The maximum absolute atomic E-state index is 11.4. The third-order valence-electron chi connectivity index (χ3n) is 1.96. The van der Waals surface area contributed by atoms with E-state index >= 15 is 0 Å². The molecule has 74 valence electrons. The van der Waals surface area contributed by atoms with E-state index in [4.69, 9.17) is 6.57 Å². The Bertz CT molecular complexity index is 336. The van der Waals surface area contributed by atoms with Crippen LogP contribution < -0.4 is 5.32 Å². The van der Waals surface area contributed by atoms with E-state index < -0.39 is 0 Å². The summed E-state index contributed by atoms with van der Waals surface area (Å²) in [6.07, 6.45) is 1.70. The van der Waals surface area contributed by atoms with Crippen LogP contribution in [-0.4, -0.2) is 23.4 Å². The predicted molar refractivity (Wildman–Crippen MR) is 53.8 cm³/mol. The highest BCUT2D eigenvalue weighted by atomic mass is 16.2. The van der Waals surface area contributed by atoms with E-state index in [1.54, 1.807) is 6.20 Å². The summed E-state index contributed by atoms with van der Waals surface area (Å²) in [7, 11) is 0. The molecule has 4 heteroatoms. The molecule has 0 spiro atoms. The molecular weight excluding hydrogens is 178 g/mol. The van der Waals surface area contributed by atoms with Crippen LogP contribution in [0.1, 0.15) is 13.8 Å². The van der Waals surface area contributed by atoms with Crippen molar-refractivity contribution in [2.75, 3.05) is 6.54 Å². The van der Waals surface area contributed by atoms with Gasteiger partial charge in [-0.2, -0.15) is 0 Å². The molecular formula is C10H13N3O. The fourth-order valence-corrected chi connectivity index (χ4v) is 1.24. The van der Waals surface area contributed by atoms with Gasteiger partial charge in [-0.3, -0.25) is 4.79 Å². The Labute approximate surface area is 83.7 Å². The molecule has 14 heavy (non-hydrogen) atoms. The Hall–Kier alpha value is -1.76. The van der Waals surface area contributed by atoms with E-state index in [1.807, 2.05) is 18.7 Å². The van der Waals surface area contributed by atoms with Crippen LogP contribution in [0.25, 0.3) is 4.85 Å². The summed E-state index contributed by atoms with van der Waals surface area (Å²) in [5, 5.41) is 2.63. The van der Waals surface area contributed by atoms with Gasteiger partial charge in [-0.1, -0.05) is 6.58 Å². The first-order chi connectivity index (χ1) is 6.56. The van der Waals surface area contributed by atoms with Gasteiger partial charge in [0.15, 0.2) is 0 Å². The van der Waals surface area contributed by atoms with Crippen LogP contribution in [0.4, 0.5) is 0 Å². The van der Waals surface area contributed by atoms with Gasteiger partial charge in [0.2, 0.25) is 6.54 Å². The summed E-state index contributed by atoms with van der Waals surface area (Å²) in [6, 6.07) is 0.226. The van der Waals surface area contributed by atoms with Crippen LogP contribution >= 0.6 is 0 Å². The van der Waals surface area contributed by atoms with Crippen molar-refractivity contribution in [3.8, 4) is 0 Å². The number of amides is 1.